The maximum absolute atomic E-state index is 12.0. The number of amides is 2. The second-order valence-corrected chi connectivity index (χ2v) is 5.86. The van der Waals surface area contributed by atoms with Crippen molar-refractivity contribution < 1.29 is 9.59 Å². The Morgan fingerprint density at radius 2 is 1.71 bits per heavy atom. The maximum atomic E-state index is 12.0. The van der Waals surface area contributed by atoms with Crippen molar-refractivity contribution in [2.45, 2.75) is 26.2 Å². The van der Waals surface area contributed by atoms with Crippen LogP contribution in [0.25, 0.3) is 0 Å². The Kier molecular flexibility index (Phi) is 6.21. The molecule has 2 aromatic carbocycles. The summed E-state index contributed by atoms with van der Waals surface area (Å²) < 4.78 is 0. The van der Waals surface area contributed by atoms with E-state index in [1.165, 1.54) is 11.6 Å². The molecule has 0 saturated carbocycles. The van der Waals surface area contributed by atoms with Crippen LogP contribution in [0.15, 0.2) is 42.5 Å². The van der Waals surface area contributed by atoms with E-state index in [0.717, 1.165) is 19.3 Å². The van der Waals surface area contributed by atoms with Crippen LogP contribution in [0.1, 0.15) is 25.3 Å². The monoisotopic (exact) mass is 345 g/mol. The topological polar surface area (TPSA) is 84.2 Å². The van der Waals surface area contributed by atoms with Gasteiger partial charge in [0.15, 0.2) is 0 Å². The second kappa shape index (κ2) is 8.36. The van der Waals surface area contributed by atoms with Crippen LogP contribution < -0.4 is 16.4 Å². The molecule has 0 aromatic heterocycles. The van der Waals surface area contributed by atoms with Crippen LogP contribution in [0.4, 0.5) is 17.1 Å². The number of rotatable bonds is 5. The van der Waals surface area contributed by atoms with Crippen molar-refractivity contribution in [1.29, 1.82) is 0 Å². The molecule has 4 N–H and O–H groups in total. The quantitative estimate of drug-likeness (QED) is 0.568. The molecule has 0 heterocycles. The van der Waals surface area contributed by atoms with Gasteiger partial charge in [-0.3, -0.25) is 9.59 Å². The van der Waals surface area contributed by atoms with Gasteiger partial charge in [0.25, 0.3) is 0 Å². The predicted molar refractivity (Wildman–Crippen MR) is 98.2 cm³/mol. The fourth-order valence-corrected chi connectivity index (χ4v) is 2.37. The minimum atomic E-state index is -0.795. The zero-order chi connectivity index (χ0) is 17.5. The average molecular weight is 346 g/mol. The molecule has 0 aliphatic heterocycles. The lowest BCUT2D eigenvalue weighted by molar-refractivity contribution is -0.132. The van der Waals surface area contributed by atoms with Gasteiger partial charge in [-0.2, -0.15) is 0 Å². The lowest BCUT2D eigenvalue weighted by Crippen LogP contribution is -2.29. The Morgan fingerprint density at radius 3 is 2.33 bits per heavy atom. The third-order valence-electron chi connectivity index (χ3n) is 3.48. The zero-order valence-corrected chi connectivity index (χ0v) is 14.2. The molecule has 5 nitrogen and oxygen atoms in total. The number of benzene rings is 2. The van der Waals surface area contributed by atoms with Crippen molar-refractivity contribution in [2.75, 3.05) is 16.4 Å². The Labute approximate surface area is 146 Å². The van der Waals surface area contributed by atoms with Crippen LogP contribution in [0.3, 0.4) is 0 Å². The molecule has 0 atom stereocenters. The van der Waals surface area contributed by atoms with Gasteiger partial charge in [0.1, 0.15) is 0 Å². The fourth-order valence-electron chi connectivity index (χ4n) is 2.14. The van der Waals surface area contributed by atoms with Gasteiger partial charge < -0.3 is 16.4 Å². The summed E-state index contributed by atoms with van der Waals surface area (Å²) in [4.78, 5) is 23.9. The molecular weight excluding hydrogens is 326 g/mol. The smallest absolute Gasteiger partial charge is 0.314 e. The summed E-state index contributed by atoms with van der Waals surface area (Å²) in [6.45, 7) is 2.14. The van der Waals surface area contributed by atoms with Crippen molar-refractivity contribution in [3.05, 3.63) is 53.1 Å². The number of halogens is 1. The number of nitrogens with one attached hydrogen (secondary N) is 2. The molecule has 126 valence electrons. The molecular formula is C18H20ClN3O2. The van der Waals surface area contributed by atoms with E-state index in [0.29, 0.717) is 17.1 Å². The number of hydrogen-bond acceptors (Lipinski definition) is 3. The fraction of sp³-hybridized carbons (Fsp3) is 0.222. The van der Waals surface area contributed by atoms with E-state index >= 15 is 0 Å². The number of aryl methyl sites for hydroxylation is 1. The van der Waals surface area contributed by atoms with Crippen LogP contribution in [0.2, 0.25) is 5.02 Å². The van der Waals surface area contributed by atoms with Crippen LogP contribution in [-0.2, 0) is 16.0 Å². The van der Waals surface area contributed by atoms with E-state index in [1.807, 2.05) is 12.1 Å². The highest BCUT2D eigenvalue weighted by Gasteiger charge is 2.15. The molecule has 0 bridgehead atoms. The molecule has 0 fully saturated rings. The Balaban J connectivity index is 1.94. The summed E-state index contributed by atoms with van der Waals surface area (Å²) >= 11 is 5.97. The number of hydrogen-bond donors (Lipinski definition) is 3. The second-order valence-electron chi connectivity index (χ2n) is 5.45. The molecule has 6 heteroatoms. The summed E-state index contributed by atoms with van der Waals surface area (Å²) in [6, 6.07) is 12.1. The van der Waals surface area contributed by atoms with Gasteiger partial charge in [-0.05, 0) is 48.7 Å². The highest BCUT2D eigenvalue weighted by atomic mass is 35.5. The highest BCUT2D eigenvalue weighted by Crippen LogP contribution is 2.24. The Hall–Kier alpha value is -2.53. The van der Waals surface area contributed by atoms with E-state index in [-0.39, 0.29) is 5.02 Å². The van der Waals surface area contributed by atoms with E-state index in [1.54, 1.807) is 24.3 Å². The van der Waals surface area contributed by atoms with Crippen LogP contribution in [-0.4, -0.2) is 11.8 Å². The standard InChI is InChI=1S/C18H20ClN3O2/c1-2-3-4-12-5-8-14(9-6-12)21-17(23)18(24)22-16-10-7-13(20)11-15(16)19/h5-11H,2-4,20H2,1H3,(H,21,23)(H,22,24). The van der Waals surface area contributed by atoms with Crippen molar-refractivity contribution >= 4 is 40.5 Å². The lowest BCUT2D eigenvalue weighted by Gasteiger charge is -2.09. The van der Waals surface area contributed by atoms with E-state index in [4.69, 9.17) is 17.3 Å². The number of carbonyl (C=O) groups excluding carboxylic acids is 2. The number of nitrogens with two attached hydrogens (primary N) is 1. The number of anilines is 3. The highest BCUT2D eigenvalue weighted by molar-refractivity contribution is 6.44. The van der Waals surface area contributed by atoms with Crippen LogP contribution >= 0.6 is 11.6 Å². The van der Waals surface area contributed by atoms with E-state index < -0.39 is 11.8 Å². The van der Waals surface area contributed by atoms with Crippen molar-refractivity contribution in [1.82, 2.24) is 0 Å². The molecule has 0 aliphatic carbocycles. The third-order valence-corrected chi connectivity index (χ3v) is 3.79. The average Bonchev–Trinajstić information content (AvgIpc) is 2.56. The van der Waals surface area contributed by atoms with Gasteiger partial charge in [-0.25, -0.2) is 0 Å². The Bertz CT molecular complexity index is 730. The SMILES string of the molecule is CCCCc1ccc(NC(=O)C(=O)Nc2ccc(N)cc2Cl)cc1. The molecule has 0 unspecified atom stereocenters. The lowest BCUT2D eigenvalue weighted by atomic mass is 10.1. The van der Waals surface area contributed by atoms with Gasteiger partial charge in [0.05, 0.1) is 10.7 Å². The molecule has 0 radical (unpaired) electrons. The molecule has 2 amide bonds. The molecule has 2 aromatic rings. The predicted octanol–water partition coefficient (Wildman–Crippen LogP) is 3.84. The molecule has 0 spiro atoms. The molecule has 2 rings (SSSR count). The first-order valence-electron chi connectivity index (χ1n) is 7.76. The first kappa shape index (κ1) is 17.8. The number of nitrogen functional groups attached to an aromatic ring is 1. The molecule has 0 aliphatic rings. The number of unbranched alkanes of at least 4 members (excludes halogenated alkanes) is 1. The summed E-state index contributed by atoms with van der Waals surface area (Å²) in [6.07, 6.45) is 3.25. The maximum Gasteiger partial charge on any atom is 0.314 e. The summed E-state index contributed by atoms with van der Waals surface area (Å²) in [5.74, 6) is -1.55. The molecule has 0 saturated heterocycles. The molecule has 24 heavy (non-hydrogen) atoms. The summed E-state index contributed by atoms with van der Waals surface area (Å²) in [7, 11) is 0. The zero-order valence-electron chi connectivity index (χ0n) is 13.4. The largest absolute Gasteiger partial charge is 0.399 e. The first-order valence-corrected chi connectivity index (χ1v) is 8.13. The van der Waals surface area contributed by atoms with Gasteiger partial charge in [-0.1, -0.05) is 37.1 Å². The van der Waals surface area contributed by atoms with Gasteiger partial charge >= 0.3 is 11.8 Å². The first-order chi connectivity index (χ1) is 11.5. The minimum Gasteiger partial charge on any atom is -0.399 e. The third kappa shape index (κ3) is 4.99. The van der Waals surface area contributed by atoms with Gasteiger partial charge in [-0.15, -0.1) is 0 Å². The van der Waals surface area contributed by atoms with Gasteiger partial charge in [0, 0.05) is 11.4 Å². The Morgan fingerprint density at radius 1 is 1.04 bits per heavy atom. The van der Waals surface area contributed by atoms with E-state index in [2.05, 4.69) is 17.6 Å². The van der Waals surface area contributed by atoms with Crippen molar-refractivity contribution in [2.24, 2.45) is 0 Å². The van der Waals surface area contributed by atoms with E-state index in [9.17, 15) is 9.59 Å². The minimum absolute atomic E-state index is 0.274. The van der Waals surface area contributed by atoms with Crippen LogP contribution in [0, 0.1) is 0 Å². The summed E-state index contributed by atoms with van der Waals surface area (Å²) in [5.41, 5.74) is 8.17. The van der Waals surface area contributed by atoms with Crippen molar-refractivity contribution in [3.8, 4) is 0 Å². The summed E-state index contributed by atoms with van der Waals surface area (Å²) in [5, 5.41) is 5.29. The van der Waals surface area contributed by atoms with Crippen molar-refractivity contribution in [3.63, 3.8) is 0 Å². The number of carbonyl (C=O) groups is 2. The van der Waals surface area contributed by atoms with Gasteiger partial charge in [0.2, 0.25) is 0 Å². The van der Waals surface area contributed by atoms with Crippen LogP contribution in [0.5, 0.6) is 0 Å². The normalized spacial score (nSPS) is 10.2.